The number of benzene rings is 1. The van der Waals surface area contributed by atoms with Gasteiger partial charge in [0.15, 0.2) is 17.3 Å². The van der Waals surface area contributed by atoms with Crippen LogP contribution in [0, 0.1) is 27.7 Å². The molecule has 1 aromatic rings. The van der Waals surface area contributed by atoms with Gasteiger partial charge in [0, 0.05) is 12.1 Å². The lowest BCUT2D eigenvalue weighted by molar-refractivity contribution is -0.384. The van der Waals surface area contributed by atoms with Gasteiger partial charge in [-0.05, 0) is 18.4 Å². The highest BCUT2D eigenvalue weighted by Crippen LogP contribution is 2.30. The Bertz CT molecular complexity index is 467. The van der Waals surface area contributed by atoms with Crippen LogP contribution in [-0.4, -0.2) is 22.7 Å². The molecule has 1 atom stereocenters. The number of rotatable bonds is 6. The van der Waals surface area contributed by atoms with Crippen LogP contribution in [0.15, 0.2) is 12.1 Å². The van der Waals surface area contributed by atoms with E-state index in [1.807, 2.05) is 13.8 Å². The summed E-state index contributed by atoms with van der Waals surface area (Å²) in [4.78, 5) is 9.99. The zero-order valence-electron chi connectivity index (χ0n) is 10.7. The highest BCUT2D eigenvalue weighted by Gasteiger charge is 2.24. The van der Waals surface area contributed by atoms with Crippen molar-refractivity contribution in [1.29, 1.82) is 0 Å². The normalized spacial score (nSPS) is 12.5. The first-order valence-corrected chi connectivity index (χ1v) is 5.86. The summed E-state index contributed by atoms with van der Waals surface area (Å²) in [5, 5.41) is 22.5. The maximum absolute atomic E-state index is 13.6. The summed E-state index contributed by atoms with van der Waals surface area (Å²) in [7, 11) is 0. The average Bonchev–Trinajstić information content (AvgIpc) is 2.33. The molecule has 1 unspecified atom stereocenters. The Labute approximate surface area is 109 Å². The quantitative estimate of drug-likeness (QED) is 0.617. The molecule has 7 heteroatoms. The van der Waals surface area contributed by atoms with Crippen LogP contribution in [0.2, 0.25) is 0 Å². The number of nitro benzene ring substituents is 1. The molecule has 1 aromatic carbocycles. The Hall–Kier alpha value is -1.76. The van der Waals surface area contributed by atoms with Crippen molar-refractivity contribution >= 4 is 11.4 Å². The van der Waals surface area contributed by atoms with E-state index in [1.54, 1.807) is 0 Å². The number of aliphatic hydroxyl groups excluding tert-OH is 1. The Kier molecular flexibility index (Phi) is 5.17. The van der Waals surface area contributed by atoms with Crippen molar-refractivity contribution in [2.24, 2.45) is 5.92 Å². The van der Waals surface area contributed by atoms with Crippen LogP contribution < -0.4 is 5.32 Å². The third-order valence-corrected chi connectivity index (χ3v) is 2.59. The van der Waals surface area contributed by atoms with Gasteiger partial charge in [0.25, 0.3) is 5.69 Å². The van der Waals surface area contributed by atoms with E-state index < -0.39 is 34.0 Å². The Balaban J connectivity index is 3.10. The minimum atomic E-state index is -1.31. The molecule has 0 bridgehead atoms. The van der Waals surface area contributed by atoms with E-state index in [0.29, 0.717) is 12.5 Å². The summed E-state index contributed by atoms with van der Waals surface area (Å²) in [6.45, 7) is 3.45. The molecule has 2 N–H and O–H groups in total. The Morgan fingerprint density at radius 3 is 2.53 bits per heavy atom. The first-order valence-electron chi connectivity index (χ1n) is 5.86. The number of anilines is 1. The second-order valence-corrected chi connectivity index (χ2v) is 4.67. The number of nitrogens with one attached hydrogen (secondary N) is 1. The van der Waals surface area contributed by atoms with Crippen LogP contribution in [0.25, 0.3) is 0 Å². The number of nitro groups is 1. The zero-order valence-corrected chi connectivity index (χ0v) is 10.7. The van der Waals surface area contributed by atoms with E-state index in [-0.39, 0.29) is 12.5 Å². The average molecular weight is 274 g/mol. The molecule has 0 spiro atoms. The van der Waals surface area contributed by atoms with Crippen LogP contribution >= 0.6 is 0 Å². The molecule has 0 saturated heterocycles. The van der Waals surface area contributed by atoms with Crippen molar-refractivity contribution in [1.82, 2.24) is 0 Å². The fourth-order valence-corrected chi connectivity index (χ4v) is 1.78. The summed E-state index contributed by atoms with van der Waals surface area (Å²) in [5.74, 6) is -2.29. The van der Waals surface area contributed by atoms with E-state index in [9.17, 15) is 24.0 Å². The summed E-state index contributed by atoms with van der Waals surface area (Å²) in [6, 6.07) is 1.02. The van der Waals surface area contributed by atoms with Crippen molar-refractivity contribution < 1.29 is 18.8 Å². The monoisotopic (exact) mass is 274 g/mol. The van der Waals surface area contributed by atoms with Gasteiger partial charge in [0.2, 0.25) is 0 Å². The first-order chi connectivity index (χ1) is 8.86. The van der Waals surface area contributed by atoms with Crippen LogP contribution in [0.3, 0.4) is 0 Å². The van der Waals surface area contributed by atoms with E-state index in [1.165, 1.54) is 0 Å². The largest absolute Gasteiger partial charge is 0.394 e. The van der Waals surface area contributed by atoms with Crippen LogP contribution in [-0.2, 0) is 0 Å². The Morgan fingerprint density at radius 1 is 1.42 bits per heavy atom. The van der Waals surface area contributed by atoms with Crippen molar-refractivity contribution in [3.8, 4) is 0 Å². The summed E-state index contributed by atoms with van der Waals surface area (Å²) in [6.07, 6.45) is 0.476. The topological polar surface area (TPSA) is 75.4 Å². The molecule has 0 radical (unpaired) electrons. The summed E-state index contributed by atoms with van der Waals surface area (Å²) in [5.41, 5.74) is -1.08. The van der Waals surface area contributed by atoms with Crippen molar-refractivity contribution in [3.05, 3.63) is 33.9 Å². The summed E-state index contributed by atoms with van der Waals surface area (Å²) >= 11 is 0. The minimum Gasteiger partial charge on any atom is -0.394 e. The molecule has 5 nitrogen and oxygen atoms in total. The second-order valence-electron chi connectivity index (χ2n) is 4.67. The molecule has 19 heavy (non-hydrogen) atoms. The van der Waals surface area contributed by atoms with Gasteiger partial charge in [-0.3, -0.25) is 10.1 Å². The highest BCUT2D eigenvalue weighted by molar-refractivity contribution is 5.63. The third kappa shape index (κ3) is 3.85. The number of aliphatic hydroxyl groups is 1. The summed E-state index contributed by atoms with van der Waals surface area (Å²) < 4.78 is 26.8. The molecular formula is C12H16F2N2O3. The highest BCUT2D eigenvalue weighted by atomic mass is 19.2. The van der Waals surface area contributed by atoms with Crippen molar-refractivity contribution in [2.75, 3.05) is 11.9 Å². The fraction of sp³-hybridized carbons (Fsp3) is 0.500. The van der Waals surface area contributed by atoms with Gasteiger partial charge in [-0.2, -0.15) is 0 Å². The second kappa shape index (κ2) is 6.42. The molecule has 0 amide bonds. The number of hydrogen-bond acceptors (Lipinski definition) is 4. The SMILES string of the molecule is CC(C)CC(CO)Nc1c([N+](=O)[O-])ccc(F)c1F. The van der Waals surface area contributed by atoms with E-state index in [0.717, 1.165) is 6.07 Å². The lowest BCUT2D eigenvalue weighted by Crippen LogP contribution is -2.26. The number of halogens is 2. The van der Waals surface area contributed by atoms with Gasteiger partial charge in [0.1, 0.15) is 0 Å². The van der Waals surface area contributed by atoms with E-state index in [4.69, 9.17) is 0 Å². The van der Waals surface area contributed by atoms with Crippen LogP contribution in [0.1, 0.15) is 20.3 Å². The maximum Gasteiger partial charge on any atom is 0.295 e. The molecule has 0 aromatic heterocycles. The molecule has 0 saturated carbocycles. The van der Waals surface area contributed by atoms with Crippen LogP contribution in [0.4, 0.5) is 20.2 Å². The molecule has 0 heterocycles. The van der Waals surface area contributed by atoms with Gasteiger partial charge >= 0.3 is 0 Å². The van der Waals surface area contributed by atoms with Gasteiger partial charge in [-0.1, -0.05) is 13.8 Å². The third-order valence-electron chi connectivity index (χ3n) is 2.59. The molecule has 0 aliphatic heterocycles. The smallest absolute Gasteiger partial charge is 0.295 e. The number of nitrogens with zero attached hydrogens (tertiary/aromatic N) is 1. The van der Waals surface area contributed by atoms with Gasteiger partial charge < -0.3 is 10.4 Å². The maximum atomic E-state index is 13.6. The van der Waals surface area contributed by atoms with E-state index >= 15 is 0 Å². The molecular weight excluding hydrogens is 258 g/mol. The molecule has 1 rings (SSSR count). The lowest BCUT2D eigenvalue weighted by atomic mass is 10.0. The van der Waals surface area contributed by atoms with Gasteiger partial charge in [-0.25, -0.2) is 8.78 Å². The zero-order chi connectivity index (χ0) is 14.6. The van der Waals surface area contributed by atoms with Crippen molar-refractivity contribution in [2.45, 2.75) is 26.3 Å². The molecule has 0 aliphatic carbocycles. The minimum absolute atomic E-state index is 0.195. The predicted octanol–water partition coefficient (Wildman–Crippen LogP) is 2.69. The molecule has 0 aliphatic rings. The van der Waals surface area contributed by atoms with E-state index in [2.05, 4.69) is 5.32 Å². The van der Waals surface area contributed by atoms with Crippen LogP contribution in [0.5, 0.6) is 0 Å². The Morgan fingerprint density at radius 2 is 2.05 bits per heavy atom. The first kappa shape index (κ1) is 15.3. The van der Waals surface area contributed by atoms with Gasteiger partial charge in [0.05, 0.1) is 11.5 Å². The standard InChI is InChI=1S/C12H16F2N2O3/c1-7(2)5-8(6-17)15-12-10(16(18)19)4-3-9(13)11(12)14/h3-4,7-8,15,17H,5-6H2,1-2H3. The number of hydrogen-bond donors (Lipinski definition) is 2. The molecule has 0 fully saturated rings. The predicted molar refractivity (Wildman–Crippen MR) is 67.0 cm³/mol. The van der Waals surface area contributed by atoms with Gasteiger partial charge in [-0.15, -0.1) is 0 Å². The lowest BCUT2D eigenvalue weighted by Gasteiger charge is -2.19. The fourth-order valence-electron chi connectivity index (χ4n) is 1.78. The molecule has 106 valence electrons. The van der Waals surface area contributed by atoms with Crippen molar-refractivity contribution in [3.63, 3.8) is 0 Å².